The number of hydrogen-bond acceptors (Lipinski definition) is 4. The average molecular weight is 260 g/mol. The van der Waals surface area contributed by atoms with Crippen molar-refractivity contribution in [2.45, 2.75) is 18.9 Å². The second-order valence-electron chi connectivity index (χ2n) is 5.11. The monoisotopic (exact) mass is 260 g/mol. The van der Waals surface area contributed by atoms with Gasteiger partial charge in [-0.1, -0.05) is 12.1 Å². The van der Waals surface area contributed by atoms with Crippen molar-refractivity contribution in [3.63, 3.8) is 0 Å². The summed E-state index contributed by atoms with van der Waals surface area (Å²) in [6.07, 6.45) is 2.38. The molecule has 0 amide bonds. The van der Waals surface area contributed by atoms with Crippen LogP contribution in [0.4, 0.5) is 0 Å². The van der Waals surface area contributed by atoms with Gasteiger partial charge in [-0.25, -0.2) is 4.99 Å². The highest BCUT2D eigenvalue weighted by atomic mass is 16.5. The van der Waals surface area contributed by atoms with Crippen LogP contribution in [0.15, 0.2) is 29.3 Å². The van der Waals surface area contributed by atoms with E-state index in [1.807, 2.05) is 18.2 Å². The highest BCUT2D eigenvalue weighted by Gasteiger charge is 2.27. The maximum Gasteiger partial charge on any atom is 0.188 e. The molecule has 102 valence electrons. The zero-order chi connectivity index (χ0) is 13.1. The fraction of sp³-hybridized carbons (Fsp3) is 0.533. The summed E-state index contributed by atoms with van der Waals surface area (Å²) in [5.74, 6) is 2.25. The van der Waals surface area contributed by atoms with Crippen molar-refractivity contribution in [3.8, 4) is 5.75 Å². The van der Waals surface area contributed by atoms with Gasteiger partial charge < -0.3 is 14.8 Å². The minimum atomic E-state index is 0.118. The van der Waals surface area contributed by atoms with Gasteiger partial charge in [-0.2, -0.15) is 0 Å². The molecular formula is C15H20N2O2. The molecule has 2 atom stereocenters. The molecule has 3 rings (SSSR count). The van der Waals surface area contributed by atoms with Crippen molar-refractivity contribution >= 4 is 5.90 Å². The van der Waals surface area contributed by atoms with Crippen molar-refractivity contribution in [1.29, 1.82) is 0 Å². The van der Waals surface area contributed by atoms with E-state index in [4.69, 9.17) is 14.5 Å². The first-order chi connectivity index (χ1) is 9.36. The van der Waals surface area contributed by atoms with E-state index in [1.54, 1.807) is 7.11 Å². The molecule has 1 saturated heterocycles. The summed E-state index contributed by atoms with van der Waals surface area (Å²) in [5.41, 5.74) is 1.16. The van der Waals surface area contributed by atoms with Crippen molar-refractivity contribution in [3.05, 3.63) is 29.8 Å². The van der Waals surface area contributed by atoms with Crippen LogP contribution in [0.1, 0.15) is 24.4 Å². The first-order valence-corrected chi connectivity index (χ1v) is 6.92. The normalized spacial score (nSPS) is 26.7. The van der Waals surface area contributed by atoms with E-state index in [2.05, 4.69) is 11.4 Å². The van der Waals surface area contributed by atoms with Gasteiger partial charge in [0, 0.05) is 12.5 Å². The number of ether oxygens (including phenoxy) is 2. The number of aliphatic imine (C=N–C) groups is 1. The van der Waals surface area contributed by atoms with E-state index in [0.29, 0.717) is 12.5 Å². The van der Waals surface area contributed by atoms with Gasteiger partial charge in [0.1, 0.15) is 18.4 Å². The lowest BCUT2D eigenvalue weighted by molar-refractivity contribution is 0.286. The summed E-state index contributed by atoms with van der Waals surface area (Å²) in [4.78, 5) is 4.76. The Balaban J connectivity index is 1.74. The maximum atomic E-state index is 5.80. The minimum absolute atomic E-state index is 0.118. The van der Waals surface area contributed by atoms with Crippen LogP contribution < -0.4 is 10.1 Å². The van der Waals surface area contributed by atoms with Crippen molar-refractivity contribution < 1.29 is 9.47 Å². The van der Waals surface area contributed by atoms with Crippen molar-refractivity contribution in [1.82, 2.24) is 5.32 Å². The summed E-state index contributed by atoms with van der Waals surface area (Å²) in [5, 5.41) is 3.40. The van der Waals surface area contributed by atoms with Gasteiger partial charge in [-0.05, 0) is 37.1 Å². The van der Waals surface area contributed by atoms with Gasteiger partial charge >= 0.3 is 0 Å². The molecule has 0 radical (unpaired) electrons. The Hall–Kier alpha value is -1.55. The standard InChI is InChI=1S/C15H20N2O2/c1-18-13-6-2-4-11(8-13)14-10-19-15(17-14)12-5-3-7-16-9-12/h2,4,6,8,12,14,16H,3,5,7,9-10H2,1H3. The molecule has 2 aliphatic heterocycles. The van der Waals surface area contributed by atoms with E-state index in [9.17, 15) is 0 Å². The average Bonchev–Trinajstić information content (AvgIpc) is 2.98. The lowest BCUT2D eigenvalue weighted by atomic mass is 9.99. The van der Waals surface area contributed by atoms with E-state index in [1.165, 1.54) is 12.8 Å². The molecule has 4 heteroatoms. The first kappa shape index (κ1) is 12.5. The number of nitrogens with zero attached hydrogens (tertiary/aromatic N) is 1. The summed E-state index contributed by atoms with van der Waals surface area (Å²) in [6, 6.07) is 8.20. The number of hydrogen-bond donors (Lipinski definition) is 1. The Morgan fingerprint density at radius 3 is 3.16 bits per heavy atom. The topological polar surface area (TPSA) is 42.9 Å². The summed E-state index contributed by atoms with van der Waals surface area (Å²) < 4.78 is 11.1. The van der Waals surface area contributed by atoms with Crippen LogP contribution in [-0.4, -0.2) is 32.7 Å². The molecule has 19 heavy (non-hydrogen) atoms. The van der Waals surface area contributed by atoms with Crippen LogP contribution >= 0.6 is 0 Å². The van der Waals surface area contributed by atoms with E-state index in [0.717, 1.165) is 30.3 Å². The molecule has 0 spiro atoms. The zero-order valence-corrected chi connectivity index (χ0v) is 11.3. The second kappa shape index (κ2) is 5.61. The third-order valence-electron chi connectivity index (χ3n) is 3.80. The first-order valence-electron chi connectivity index (χ1n) is 6.92. The Bertz CT molecular complexity index is 467. The van der Waals surface area contributed by atoms with E-state index < -0.39 is 0 Å². The van der Waals surface area contributed by atoms with Gasteiger partial charge in [-0.15, -0.1) is 0 Å². The lowest BCUT2D eigenvalue weighted by Gasteiger charge is -2.21. The third kappa shape index (κ3) is 2.73. The summed E-state index contributed by atoms with van der Waals surface area (Å²) in [6.45, 7) is 2.76. The minimum Gasteiger partial charge on any atom is -0.497 e. The fourth-order valence-electron chi connectivity index (χ4n) is 2.70. The Morgan fingerprint density at radius 2 is 2.37 bits per heavy atom. The Kier molecular flexibility index (Phi) is 3.69. The van der Waals surface area contributed by atoms with Crippen LogP contribution in [0, 0.1) is 5.92 Å². The lowest BCUT2D eigenvalue weighted by Crippen LogP contribution is -2.34. The Morgan fingerprint density at radius 1 is 1.42 bits per heavy atom. The highest BCUT2D eigenvalue weighted by Crippen LogP contribution is 2.28. The molecule has 2 unspecified atom stereocenters. The van der Waals surface area contributed by atoms with Crippen molar-refractivity contribution in [2.75, 3.05) is 26.8 Å². The smallest absolute Gasteiger partial charge is 0.188 e. The molecular weight excluding hydrogens is 240 g/mol. The summed E-state index contributed by atoms with van der Waals surface area (Å²) in [7, 11) is 1.69. The van der Waals surface area contributed by atoms with E-state index >= 15 is 0 Å². The number of nitrogens with one attached hydrogen (secondary N) is 1. The van der Waals surface area contributed by atoms with Crippen LogP contribution in [0.2, 0.25) is 0 Å². The number of methoxy groups -OCH3 is 1. The molecule has 2 heterocycles. The predicted molar refractivity (Wildman–Crippen MR) is 74.7 cm³/mol. The summed E-state index contributed by atoms with van der Waals surface area (Å²) >= 11 is 0. The molecule has 0 aromatic heterocycles. The van der Waals surface area contributed by atoms with Crippen LogP contribution in [0.25, 0.3) is 0 Å². The molecule has 1 fully saturated rings. The highest BCUT2D eigenvalue weighted by molar-refractivity contribution is 5.80. The molecule has 1 aromatic rings. The molecule has 0 saturated carbocycles. The largest absolute Gasteiger partial charge is 0.497 e. The van der Waals surface area contributed by atoms with Gasteiger partial charge in [0.05, 0.1) is 7.11 Å². The van der Waals surface area contributed by atoms with E-state index in [-0.39, 0.29) is 6.04 Å². The fourth-order valence-corrected chi connectivity index (χ4v) is 2.70. The van der Waals surface area contributed by atoms with Crippen LogP contribution in [-0.2, 0) is 4.74 Å². The third-order valence-corrected chi connectivity index (χ3v) is 3.80. The number of rotatable bonds is 3. The van der Waals surface area contributed by atoms with Gasteiger partial charge in [0.25, 0.3) is 0 Å². The Labute approximate surface area is 113 Å². The zero-order valence-electron chi connectivity index (χ0n) is 11.3. The van der Waals surface area contributed by atoms with Crippen LogP contribution in [0.5, 0.6) is 5.75 Å². The van der Waals surface area contributed by atoms with Gasteiger partial charge in [0.2, 0.25) is 0 Å². The van der Waals surface area contributed by atoms with Crippen LogP contribution in [0.3, 0.4) is 0 Å². The number of benzene rings is 1. The SMILES string of the molecule is COc1cccc(C2COC(C3CCCNC3)=N2)c1. The quantitative estimate of drug-likeness (QED) is 0.905. The molecule has 2 aliphatic rings. The maximum absolute atomic E-state index is 5.80. The van der Waals surface area contributed by atoms with Crippen molar-refractivity contribution in [2.24, 2.45) is 10.9 Å². The molecule has 4 nitrogen and oxygen atoms in total. The second-order valence-corrected chi connectivity index (χ2v) is 5.11. The molecule has 1 aromatic carbocycles. The van der Waals surface area contributed by atoms with Gasteiger partial charge in [-0.3, -0.25) is 0 Å². The molecule has 0 bridgehead atoms. The van der Waals surface area contributed by atoms with Gasteiger partial charge in [0.15, 0.2) is 5.90 Å². The molecule has 1 N–H and O–H groups in total. The number of piperidine rings is 1. The molecule has 0 aliphatic carbocycles. The predicted octanol–water partition coefficient (Wildman–Crippen LogP) is 2.16.